The van der Waals surface area contributed by atoms with Crippen molar-refractivity contribution in [2.24, 2.45) is 0 Å². The van der Waals surface area contributed by atoms with E-state index in [0.29, 0.717) is 12.5 Å². The molecule has 1 aliphatic carbocycles. The fraction of sp³-hybridized carbons (Fsp3) is 0.138. The lowest BCUT2D eigenvalue weighted by Crippen LogP contribution is -2.33. The Kier molecular flexibility index (Phi) is 5.37. The van der Waals surface area contributed by atoms with Crippen LogP contribution in [-0.4, -0.2) is 16.8 Å². The largest absolute Gasteiger partial charge is 0.331 e. The van der Waals surface area contributed by atoms with Crippen LogP contribution >= 0.6 is 0 Å². The third kappa shape index (κ3) is 4.29. The van der Waals surface area contributed by atoms with E-state index in [9.17, 15) is 4.79 Å². The van der Waals surface area contributed by atoms with Crippen molar-refractivity contribution in [1.82, 2.24) is 4.90 Å². The summed E-state index contributed by atoms with van der Waals surface area (Å²) >= 11 is 0. The van der Waals surface area contributed by atoms with E-state index in [1.807, 2.05) is 66.7 Å². The normalized spacial score (nSPS) is 17.2. The summed E-state index contributed by atoms with van der Waals surface area (Å²) in [7, 11) is 0. The fourth-order valence-electron chi connectivity index (χ4n) is 4.31. The maximum Gasteiger partial charge on any atom is 0.254 e. The number of benzene rings is 4. The standard InChI is InChI=1S/C29H25NO/c31-29(26-18-16-24(17-19-26)23-12-6-2-7-13-23)30(21-22-10-4-1-5-11-22)28-20-27(28)25-14-8-3-9-15-25/h1-19,27-28H,20-21H2/t27-,28+/m1/s1. The summed E-state index contributed by atoms with van der Waals surface area (Å²) in [5.41, 5.74) is 5.51. The summed E-state index contributed by atoms with van der Waals surface area (Å²) in [6.45, 7) is 0.633. The van der Waals surface area contributed by atoms with Crippen molar-refractivity contribution in [3.63, 3.8) is 0 Å². The molecule has 1 saturated carbocycles. The van der Waals surface area contributed by atoms with Gasteiger partial charge in [-0.25, -0.2) is 0 Å². The summed E-state index contributed by atoms with van der Waals surface area (Å²) in [4.78, 5) is 15.6. The Morgan fingerprint density at radius 1 is 0.677 bits per heavy atom. The van der Waals surface area contributed by atoms with Gasteiger partial charge in [-0.15, -0.1) is 0 Å². The van der Waals surface area contributed by atoms with Crippen molar-refractivity contribution in [2.75, 3.05) is 0 Å². The molecule has 2 atom stereocenters. The molecule has 1 aliphatic rings. The van der Waals surface area contributed by atoms with Gasteiger partial charge in [0.05, 0.1) is 0 Å². The predicted molar refractivity (Wildman–Crippen MR) is 126 cm³/mol. The van der Waals surface area contributed by atoms with Crippen LogP contribution in [0.1, 0.15) is 33.8 Å². The second-order valence-electron chi connectivity index (χ2n) is 8.18. The lowest BCUT2D eigenvalue weighted by atomic mass is 10.0. The van der Waals surface area contributed by atoms with Crippen LogP contribution in [0.25, 0.3) is 11.1 Å². The van der Waals surface area contributed by atoms with Gasteiger partial charge in [0.25, 0.3) is 5.91 Å². The van der Waals surface area contributed by atoms with E-state index in [2.05, 4.69) is 53.4 Å². The van der Waals surface area contributed by atoms with Gasteiger partial charge < -0.3 is 4.90 Å². The molecule has 0 radical (unpaired) electrons. The minimum absolute atomic E-state index is 0.104. The van der Waals surface area contributed by atoms with Crippen molar-refractivity contribution in [3.05, 3.63) is 132 Å². The number of hydrogen-bond donors (Lipinski definition) is 0. The number of amides is 1. The van der Waals surface area contributed by atoms with Gasteiger partial charge in [0.2, 0.25) is 0 Å². The highest BCUT2D eigenvalue weighted by atomic mass is 16.2. The number of rotatable bonds is 6. The molecule has 0 bridgehead atoms. The quantitative estimate of drug-likeness (QED) is 0.357. The van der Waals surface area contributed by atoms with Gasteiger partial charge in [-0.1, -0.05) is 103 Å². The first kappa shape index (κ1) is 19.3. The molecule has 0 heterocycles. The Labute approximate surface area is 183 Å². The Hall–Kier alpha value is -3.65. The molecule has 0 unspecified atom stereocenters. The monoisotopic (exact) mass is 403 g/mol. The van der Waals surface area contributed by atoms with Crippen molar-refractivity contribution >= 4 is 5.91 Å². The van der Waals surface area contributed by atoms with Gasteiger partial charge in [-0.3, -0.25) is 4.79 Å². The van der Waals surface area contributed by atoms with E-state index in [-0.39, 0.29) is 11.9 Å². The first-order valence-electron chi connectivity index (χ1n) is 10.8. The summed E-state index contributed by atoms with van der Waals surface area (Å²) in [6.07, 6.45) is 1.02. The minimum atomic E-state index is 0.104. The molecule has 1 amide bonds. The van der Waals surface area contributed by atoms with E-state index in [1.165, 1.54) is 5.56 Å². The van der Waals surface area contributed by atoms with Crippen LogP contribution in [0.5, 0.6) is 0 Å². The SMILES string of the molecule is O=C(c1ccc(-c2ccccc2)cc1)N(Cc1ccccc1)[C@H]1C[C@@H]1c1ccccc1. The maximum atomic E-state index is 13.6. The van der Waals surface area contributed by atoms with E-state index in [1.54, 1.807) is 0 Å². The molecule has 2 nitrogen and oxygen atoms in total. The molecule has 2 heteroatoms. The van der Waals surface area contributed by atoms with Gasteiger partial charge in [0, 0.05) is 24.1 Å². The van der Waals surface area contributed by atoms with Crippen molar-refractivity contribution < 1.29 is 4.79 Å². The molecule has 31 heavy (non-hydrogen) atoms. The Balaban J connectivity index is 1.40. The second-order valence-corrected chi connectivity index (χ2v) is 8.18. The van der Waals surface area contributed by atoms with Crippen LogP contribution in [0, 0.1) is 0 Å². The van der Waals surface area contributed by atoms with Gasteiger partial charge in [0.15, 0.2) is 0 Å². The molecule has 0 aromatic heterocycles. The highest BCUT2D eigenvalue weighted by Crippen LogP contribution is 2.45. The van der Waals surface area contributed by atoms with Crippen LogP contribution in [0.2, 0.25) is 0 Å². The number of nitrogens with zero attached hydrogens (tertiary/aromatic N) is 1. The summed E-state index contributed by atoms with van der Waals surface area (Å²) in [6, 6.07) is 39.3. The van der Waals surface area contributed by atoms with E-state index in [0.717, 1.165) is 28.7 Å². The second kappa shape index (κ2) is 8.61. The van der Waals surface area contributed by atoms with E-state index >= 15 is 0 Å². The van der Waals surface area contributed by atoms with Gasteiger partial charge in [-0.2, -0.15) is 0 Å². The number of carbonyl (C=O) groups excluding carboxylic acids is 1. The predicted octanol–water partition coefficient (Wildman–Crippen LogP) is 6.55. The van der Waals surface area contributed by atoms with Crippen LogP contribution in [0.15, 0.2) is 115 Å². The molecule has 0 saturated heterocycles. The smallest absolute Gasteiger partial charge is 0.254 e. The molecule has 0 spiro atoms. The van der Waals surface area contributed by atoms with Gasteiger partial charge >= 0.3 is 0 Å². The fourth-order valence-corrected chi connectivity index (χ4v) is 4.31. The highest BCUT2D eigenvalue weighted by Gasteiger charge is 2.44. The first-order chi connectivity index (χ1) is 15.3. The van der Waals surface area contributed by atoms with Gasteiger partial charge in [0.1, 0.15) is 0 Å². The van der Waals surface area contributed by atoms with Crippen LogP contribution in [-0.2, 0) is 6.54 Å². The Bertz CT molecular complexity index is 1140. The first-order valence-corrected chi connectivity index (χ1v) is 10.8. The van der Waals surface area contributed by atoms with Crippen molar-refractivity contribution in [1.29, 1.82) is 0 Å². The zero-order valence-electron chi connectivity index (χ0n) is 17.4. The Morgan fingerprint density at radius 3 is 1.87 bits per heavy atom. The number of hydrogen-bond acceptors (Lipinski definition) is 1. The average Bonchev–Trinajstić information content (AvgIpc) is 3.65. The zero-order valence-corrected chi connectivity index (χ0v) is 17.4. The molecular formula is C29H25NO. The van der Waals surface area contributed by atoms with E-state index < -0.39 is 0 Å². The molecule has 4 aromatic carbocycles. The van der Waals surface area contributed by atoms with Crippen molar-refractivity contribution in [2.45, 2.75) is 24.9 Å². The van der Waals surface area contributed by atoms with Gasteiger partial charge in [-0.05, 0) is 40.8 Å². The topological polar surface area (TPSA) is 20.3 Å². The maximum absolute atomic E-state index is 13.6. The number of carbonyl (C=O) groups is 1. The van der Waals surface area contributed by atoms with Crippen LogP contribution in [0.4, 0.5) is 0 Å². The third-order valence-corrected chi connectivity index (χ3v) is 6.08. The summed E-state index contributed by atoms with van der Waals surface area (Å²) in [5.74, 6) is 0.518. The highest BCUT2D eigenvalue weighted by molar-refractivity contribution is 5.95. The van der Waals surface area contributed by atoms with Crippen molar-refractivity contribution in [3.8, 4) is 11.1 Å². The lowest BCUT2D eigenvalue weighted by molar-refractivity contribution is 0.0726. The molecule has 5 rings (SSSR count). The van der Waals surface area contributed by atoms with Crippen LogP contribution in [0.3, 0.4) is 0 Å². The molecular weight excluding hydrogens is 378 g/mol. The minimum Gasteiger partial charge on any atom is -0.331 e. The molecule has 1 fully saturated rings. The van der Waals surface area contributed by atoms with Crippen LogP contribution < -0.4 is 0 Å². The lowest BCUT2D eigenvalue weighted by Gasteiger charge is -2.24. The molecule has 4 aromatic rings. The van der Waals surface area contributed by atoms with E-state index in [4.69, 9.17) is 0 Å². The Morgan fingerprint density at radius 2 is 1.23 bits per heavy atom. The zero-order chi connectivity index (χ0) is 21.0. The molecule has 152 valence electrons. The molecule has 0 N–H and O–H groups in total. The average molecular weight is 404 g/mol. The third-order valence-electron chi connectivity index (χ3n) is 6.08. The summed E-state index contributed by atoms with van der Waals surface area (Å²) in [5, 5.41) is 0. The summed E-state index contributed by atoms with van der Waals surface area (Å²) < 4.78 is 0. The molecule has 0 aliphatic heterocycles.